The van der Waals surface area contributed by atoms with Gasteiger partial charge >= 0.3 is 0 Å². The summed E-state index contributed by atoms with van der Waals surface area (Å²) in [6, 6.07) is 0.595. The van der Waals surface area contributed by atoms with Gasteiger partial charge in [0.05, 0.1) is 17.4 Å². The maximum absolute atomic E-state index is 5.51. The fourth-order valence-electron chi connectivity index (χ4n) is 1.54. The normalized spacial score (nSPS) is 17.8. The van der Waals surface area contributed by atoms with Gasteiger partial charge in [-0.05, 0) is 26.2 Å². The average molecular weight is 166 g/mol. The molecule has 0 aliphatic heterocycles. The molecule has 1 aliphatic carbocycles. The zero-order chi connectivity index (χ0) is 8.55. The van der Waals surface area contributed by atoms with Gasteiger partial charge in [-0.1, -0.05) is 5.21 Å². The number of nitrogens with two attached hydrogens (primary N) is 1. The van der Waals surface area contributed by atoms with Crippen molar-refractivity contribution in [3.8, 4) is 0 Å². The topological polar surface area (TPSA) is 56.7 Å². The molecule has 4 heteroatoms. The molecule has 12 heavy (non-hydrogen) atoms. The Morgan fingerprint density at radius 2 is 2.33 bits per heavy atom. The molecule has 0 radical (unpaired) electrons. The summed E-state index contributed by atoms with van der Waals surface area (Å²) in [6.07, 6.45) is 3.81. The molecule has 1 saturated carbocycles. The van der Waals surface area contributed by atoms with Gasteiger partial charge in [0.1, 0.15) is 0 Å². The summed E-state index contributed by atoms with van der Waals surface area (Å²) >= 11 is 0. The molecular weight excluding hydrogens is 152 g/mol. The molecule has 0 aromatic carbocycles. The molecule has 4 nitrogen and oxygen atoms in total. The lowest BCUT2D eigenvalue weighted by molar-refractivity contribution is 0.280. The summed E-state index contributed by atoms with van der Waals surface area (Å²) in [7, 11) is 0. The molecule has 0 spiro atoms. The standard InChI is InChI=1S/C8H14N4/c1-6-8(5-9)10-11-12(6)7-3-2-4-7/h7H,2-5,9H2,1H3. The third-order valence-corrected chi connectivity index (χ3v) is 2.64. The molecule has 0 unspecified atom stereocenters. The first-order valence-electron chi connectivity index (χ1n) is 4.43. The summed E-state index contributed by atoms with van der Waals surface area (Å²) in [6.45, 7) is 2.54. The molecule has 0 bridgehead atoms. The lowest BCUT2D eigenvalue weighted by atomic mass is 9.93. The minimum atomic E-state index is 0.499. The quantitative estimate of drug-likeness (QED) is 0.706. The van der Waals surface area contributed by atoms with Crippen molar-refractivity contribution in [1.82, 2.24) is 15.0 Å². The predicted molar refractivity (Wildman–Crippen MR) is 45.5 cm³/mol. The smallest absolute Gasteiger partial charge is 0.0991 e. The van der Waals surface area contributed by atoms with Crippen molar-refractivity contribution in [2.75, 3.05) is 0 Å². The van der Waals surface area contributed by atoms with E-state index in [4.69, 9.17) is 5.73 Å². The van der Waals surface area contributed by atoms with Gasteiger partial charge in [-0.25, -0.2) is 4.68 Å². The van der Waals surface area contributed by atoms with E-state index in [9.17, 15) is 0 Å². The van der Waals surface area contributed by atoms with Crippen LogP contribution in [0.15, 0.2) is 0 Å². The van der Waals surface area contributed by atoms with Crippen LogP contribution in [0.1, 0.15) is 36.7 Å². The van der Waals surface area contributed by atoms with Crippen LogP contribution >= 0.6 is 0 Å². The van der Waals surface area contributed by atoms with Gasteiger partial charge in [-0.15, -0.1) is 5.10 Å². The minimum Gasteiger partial charge on any atom is -0.325 e. The second-order valence-corrected chi connectivity index (χ2v) is 3.35. The van der Waals surface area contributed by atoms with Gasteiger partial charge in [0, 0.05) is 6.54 Å². The highest BCUT2D eigenvalue weighted by Gasteiger charge is 2.22. The van der Waals surface area contributed by atoms with Crippen molar-refractivity contribution in [3.05, 3.63) is 11.4 Å². The number of rotatable bonds is 2. The Bertz CT molecular complexity index is 275. The number of nitrogens with zero attached hydrogens (tertiary/aromatic N) is 3. The summed E-state index contributed by atoms with van der Waals surface area (Å²) < 4.78 is 2.02. The number of hydrogen-bond acceptors (Lipinski definition) is 3. The molecule has 1 aromatic rings. The second kappa shape index (κ2) is 2.86. The van der Waals surface area contributed by atoms with E-state index in [1.807, 2.05) is 11.6 Å². The molecular formula is C8H14N4. The Labute approximate surface area is 71.8 Å². The fraction of sp³-hybridized carbons (Fsp3) is 0.750. The second-order valence-electron chi connectivity index (χ2n) is 3.35. The van der Waals surface area contributed by atoms with E-state index >= 15 is 0 Å². The average Bonchev–Trinajstić information content (AvgIpc) is 2.30. The molecule has 0 saturated heterocycles. The Morgan fingerprint density at radius 1 is 1.58 bits per heavy atom. The van der Waals surface area contributed by atoms with E-state index < -0.39 is 0 Å². The molecule has 1 heterocycles. The highest BCUT2D eigenvalue weighted by molar-refractivity contribution is 5.08. The van der Waals surface area contributed by atoms with Crippen molar-refractivity contribution < 1.29 is 0 Å². The van der Waals surface area contributed by atoms with E-state index in [2.05, 4.69) is 10.3 Å². The Kier molecular flexibility index (Phi) is 1.84. The lowest BCUT2D eigenvalue weighted by Crippen LogP contribution is -2.19. The lowest BCUT2D eigenvalue weighted by Gasteiger charge is -2.26. The maximum atomic E-state index is 5.51. The zero-order valence-electron chi connectivity index (χ0n) is 7.32. The Balaban J connectivity index is 2.25. The van der Waals surface area contributed by atoms with E-state index in [0.29, 0.717) is 12.6 Å². The summed E-state index contributed by atoms with van der Waals surface area (Å²) in [5.74, 6) is 0. The molecule has 1 aliphatic rings. The van der Waals surface area contributed by atoms with Crippen LogP contribution in [0, 0.1) is 6.92 Å². The predicted octanol–water partition coefficient (Wildman–Crippen LogP) is 0.770. The van der Waals surface area contributed by atoms with Crippen molar-refractivity contribution in [2.45, 2.75) is 38.8 Å². The van der Waals surface area contributed by atoms with Crippen LogP contribution in [0.3, 0.4) is 0 Å². The van der Waals surface area contributed by atoms with Crippen LogP contribution in [0.5, 0.6) is 0 Å². The first kappa shape index (κ1) is 7.73. The summed E-state index contributed by atoms with van der Waals surface area (Å²) in [5.41, 5.74) is 7.58. The highest BCUT2D eigenvalue weighted by atomic mass is 15.4. The van der Waals surface area contributed by atoms with E-state index in [1.165, 1.54) is 19.3 Å². The molecule has 0 amide bonds. The first-order valence-corrected chi connectivity index (χ1v) is 4.43. The largest absolute Gasteiger partial charge is 0.325 e. The van der Waals surface area contributed by atoms with Gasteiger partial charge in [0.15, 0.2) is 0 Å². The molecule has 66 valence electrons. The third kappa shape index (κ3) is 1.03. The zero-order valence-corrected chi connectivity index (χ0v) is 7.32. The maximum Gasteiger partial charge on any atom is 0.0991 e. The molecule has 1 fully saturated rings. The SMILES string of the molecule is Cc1c(CN)nnn1C1CCC1. The number of hydrogen-bond donors (Lipinski definition) is 1. The van der Waals surface area contributed by atoms with Crippen LogP contribution in [-0.4, -0.2) is 15.0 Å². The highest BCUT2D eigenvalue weighted by Crippen LogP contribution is 2.31. The summed E-state index contributed by atoms with van der Waals surface area (Å²) in [5, 5.41) is 8.12. The van der Waals surface area contributed by atoms with Gasteiger partial charge in [0.25, 0.3) is 0 Å². The summed E-state index contributed by atoms with van der Waals surface area (Å²) in [4.78, 5) is 0. The molecule has 2 rings (SSSR count). The van der Waals surface area contributed by atoms with E-state index in [-0.39, 0.29) is 0 Å². The van der Waals surface area contributed by atoms with Gasteiger partial charge in [-0.2, -0.15) is 0 Å². The van der Waals surface area contributed by atoms with Crippen LogP contribution in [-0.2, 0) is 6.54 Å². The van der Waals surface area contributed by atoms with Crippen molar-refractivity contribution in [2.24, 2.45) is 5.73 Å². The monoisotopic (exact) mass is 166 g/mol. The van der Waals surface area contributed by atoms with Crippen LogP contribution in [0.25, 0.3) is 0 Å². The van der Waals surface area contributed by atoms with Crippen LogP contribution in [0.4, 0.5) is 0 Å². The van der Waals surface area contributed by atoms with E-state index in [0.717, 1.165) is 11.4 Å². The fourth-order valence-corrected chi connectivity index (χ4v) is 1.54. The van der Waals surface area contributed by atoms with Crippen molar-refractivity contribution in [3.63, 3.8) is 0 Å². The number of aromatic nitrogens is 3. The molecule has 0 atom stereocenters. The first-order chi connectivity index (χ1) is 5.83. The third-order valence-electron chi connectivity index (χ3n) is 2.64. The molecule has 2 N–H and O–H groups in total. The molecule has 1 aromatic heterocycles. The van der Waals surface area contributed by atoms with Crippen molar-refractivity contribution >= 4 is 0 Å². The van der Waals surface area contributed by atoms with Gasteiger partial charge in [0.2, 0.25) is 0 Å². The van der Waals surface area contributed by atoms with Gasteiger partial charge in [-0.3, -0.25) is 0 Å². The van der Waals surface area contributed by atoms with Crippen LogP contribution in [0.2, 0.25) is 0 Å². The van der Waals surface area contributed by atoms with E-state index in [1.54, 1.807) is 0 Å². The Hall–Kier alpha value is -0.900. The Morgan fingerprint density at radius 3 is 2.75 bits per heavy atom. The van der Waals surface area contributed by atoms with Crippen LogP contribution < -0.4 is 5.73 Å². The van der Waals surface area contributed by atoms with Crippen molar-refractivity contribution in [1.29, 1.82) is 0 Å². The van der Waals surface area contributed by atoms with Gasteiger partial charge < -0.3 is 5.73 Å². The minimum absolute atomic E-state index is 0.499.